The molecule has 2 heteroatoms. The molecule has 0 spiro atoms. The zero-order valence-corrected chi connectivity index (χ0v) is 11.0. The van der Waals surface area contributed by atoms with E-state index in [0.29, 0.717) is 0 Å². The van der Waals surface area contributed by atoms with Gasteiger partial charge in [-0.2, -0.15) is 0 Å². The van der Waals surface area contributed by atoms with Gasteiger partial charge in [-0.25, -0.2) is 0 Å². The lowest BCUT2D eigenvalue weighted by atomic mass is 10.2. The fraction of sp³-hybridized carbons (Fsp3) is 0.571. The highest BCUT2D eigenvalue weighted by atomic mass is 15.1. The minimum Gasteiger partial charge on any atom is -0.373 e. The van der Waals surface area contributed by atoms with Crippen molar-refractivity contribution in [2.75, 3.05) is 31.6 Å². The molecule has 0 fully saturated rings. The van der Waals surface area contributed by atoms with E-state index in [1.807, 2.05) is 0 Å². The van der Waals surface area contributed by atoms with E-state index in [0.717, 1.165) is 25.6 Å². The average molecular weight is 220 g/mol. The van der Waals surface area contributed by atoms with Gasteiger partial charge in [-0.15, -0.1) is 0 Å². The van der Waals surface area contributed by atoms with Crippen LogP contribution in [-0.2, 0) is 0 Å². The highest BCUT2D eigenvalue weighted by Crippen LogP contribution is 2.13. The lowest BCUT2D eigenvalue weighted by Gasteiger charge is -2.20. The third-order valence-electron chi connectivity index (χ3n) is 2.62. The number of nitrogens with zero attached hydrogens (tertiary/aromatic N) is 1. The lowest BCUT2D eigenvalue weighted by Crippen LogP contribution is -2.31. The Morgan fingerprint density at radius 2 is 2.06 bits per heavy atom. The average Bonchev–Trinajstić information content (AvgIpc) is 2.24. The summed E-state index contributed by atoms with van der Waals surface area (Å²) in [4.78, 5) is 2.29. The molecule has 90 valence electrons. The third-order valence-corrected chi connectivity index (χ3v) is 2.62. The first-order chi connectivity index (χ1) is 7.59. The van der Waals surface area contributed by atoms with Gasteiger partial charge in [-0.05, 0) is 37.1 Å². The summed E-state index contributed by atoms with van der Waals surface area (Å²) in [6.07, 6.45) is 0. The van der Waals surface area contributed by atoms with E-state index < -0.39 is 0 Å². The van der Waals surface area contributed by atoms with Crippen LogP contribution in [0.4, 0.5) is 5.69 Å². The van der Waals surface area contributed by atoms with Gasteiger partial charge in [-0.1, -0.05) is 26.0 Å². The molecule has 2 nitrogen and oxygen atoms in total. The molecule has 16 heavy (non-hydrogen) atoms. The van der Waals surface area contributed by atoms with Gasteiger partial charge in [0.1, 0.15) is 0 Å². The number of anilines is 1. The molecule has 0 radical (unpaired) electrons. The molecule has 0 unspecified atom stereocenters. The second-order valence-corrected chi connectivity index (χ2v) is 4.86. The maximum atomic E-state index is 3.46. The van der Waals surface area contributed by atoms with E-state index in [9.17, 15) is 0 Å². The van der Waals surface area contributed by atoms with Gasteiger partial charge >= 0.3 is 0 Å². The van der Waals surface area contributed by atoms with Crippen LogP contribution >= 0.6 is 0 Å². The first-order valence-electron chi connectivity index (χ1n) is 6.08. The Morgan fingerprint density at radius 3 is 2.69 bits per heavy atom. The lowest BCUT2D eigenvalue weighted by molar-refractivity contribution is 0.554. The van der Waals surface area contributed by atoms with Crippen LogP contribution in [0.1, 0.15) is 19.4 Å². The van der Waals surface area contributed by atoms with Crippen LogP contribution in [0.3, 0.4) is 0 Å². The van der Waals surface area contributed by atoms with E-state index in [1.165, 1.54) is 11.3 Å². The fourth-order valence-corrected chi connectivity index (χ4v) is 1.63. The van der Waals surface area contributed by atoms with Crippen LogP contribution in [-0.4, -0.2) is 26.7 Å². The standard InChI is InChI=1S/C14H24N2/c1-12(2)11-15-8-9-16(4)14-7-5-6-13(3)10-14/h5-7,10,12,15H,8-9,11H2,1-4H3. The Bertz CT molecular complexity index is 307. The number of benzene rings is 1. The molecule has 0 amide bonds. The predicted octanol–water partition coefficient (Wildman–Crippen LogP) is 2.68. The van der Waals surface area contributed by atoms with E-state index in [2.05, 4.69) is 62.3 Å². The Balaban J connectivity index is 2.32. The van der Waals surface area contributed by atoms with Gasteiger partial charge in [0.15, 0.2) is 0 Å². The molecule has 0 aliphatic carbocycles. The predicted molar refractivity (Wildman–Crippen MR) is 72.2 cm³/mol. The van der Waals surface area contributed by atoms with Crippen LogP contribution in [0, 0.1) is 12.8 Å². The molecule has 0 heterocycles. The molecular formula is C14H24N2. The molecule has 0 aromatic heterocycles. The van der Waals surface area contributed by atoms with Crippen LogP contribution in [0.5, 0.6) is 0 Å². The summed E-state index contributed by atoms with van der Waals surface area (Å²) < 4.78 is 0. The molecule has 0 atom stereocenters. The molecule has 0 saturated heterocycles. The topological polar surface area (TPSA) is 15.3 Å². The van der Waals surface area contributed by atoms with Crippen molar-refractivity contribution in [3.63, 3.8) is 0 Å². The van der Waals surface area contributed by atoms with Gasteiger partial charge in [0.2, 0.25) is 0 Å². The minimum atomic E-state index is 0.726. The maximum absolute atomic E-state index is 3.46. The normalized spacial score (nSPS) is 10.8. The Morgan fingerprint density at radius 1 is 1.31 bits per heavy atom. The molecule has 0 aliphatic heterocycles. The summed E-state index contributed by atoms with van der Waals surface area (Å²) in [7, 11) is 2.14. The summed E-state index contributed by atoms with van der Waals surface area (Å²) in [5.41, 5.74) is 2.62. The van der Waals surface area contributed by atoms with Crippen molar-refractivity contribution in [2.24, 2.45) is 5.92 Å². The SMILES string of the molecule is Cc1cccc(N(C)CCNCC(C)C)c1. The van der Waals surface area contributed by atoms with Crippen molar-refractivity contribution in [3.8, 4) is 0 Å². The summed E-state index contributed by atoms with van der Waals surface area (Å²) in [6, 6.07) is 8.63. The van der Waals surface area contributed by atoms with Crippen molar-refractivity contribution in [1.82, 2.24) is 5.32 Å². The molecule has 1 aromatic rings. The van der Waals surface area contributed by atoms with Crippen molar-refractivity contribution in [1.29, 1.82) is 0 Å². The van der Waals surface area contributed by atoms with Gasteiger partial charge in [-0.3, -0.25) is 0 Å². The Kier molecular flexibility index (Phi) is 5.33. The molecule has 0 bridgehead atoms. The summed E-state index contributed by atoms with van der Waals surface area (Å²) >= 11 is 0. The van der Waals surface area contributed by atoms with Crippen molar-refractivity contribution in [2.45, 2.75) is 20.8 Å². The number of rotatable bonds is 6. The Labute approximate surface area is 99.7 Å². The highest BCUT2D eigenvalue weighted by molar-refractivity contribution is 5.47. The van der Waals surface area contributed by atoms with Crippen molar-refractivity contribution in [3.05, 3.63) is 29.8 Å². The van der Waals surface area contributed by atoms with Crippen LogP contribution < -0.4 is 10.2 Å². The van der Waals surface area contributed by atoms with Gasteiger partial charge < -0.3 is 10.2 Å². The van der Waals surface area contributed by atoms with Gasteiger partial charge in [0.25, 0.3) is 0 Å². The smallest absolute Gasteiger partial charge is 0.0366 e. The highest BCUT2D eigenvalue weighted by Gasteiger charge is 2.00. The molecule has 0 aliphatic rings. The number of aryl methyl sites for hydroxylation is 1. The van der Waals surface area contributed by atoms with Crippen LogP contribution in [0.25, 0.3) is 0 Å². The molecule has 0 saturated carbocycles. The Hall–Kier alpha value is -1.02. The maximum Gasteiger partial charge on any atom is 0.0366 e. The summed E-state index contributed by atoms with van der Waals surface area (Å²) in [5.74, 6) is 0.726. The second-order valence-electron chi connectivity index (χ2n) is 4.86. The first kappa shape index (κ1) is 13.0. The number of hydrogen-bond donors (Lipinski definition) is 1. The van der Waals surface area contributed by atoms with Crippen LogP contribution in [0.2, 0.25) is 0 Å². The largest absolute Gasteiger partial charge is 0.373 e. The van der Waals surface area contributed by atoms with E-state index >= 15 is 0 Å². The minimum absolute atomic E-state index is 0.726. The van der Waals surface area contributed by atoms with E-state index in [4.69, 9.17) is 0 Å². The zero-order chi connectivity index (χ0) is 12.0. The quantitative estimate of drug-likeness (QED) is 0.742. The molecule has 1 N–H and O–H groups in total. The van der Waals surface area contributed by atoms with E-state index in [-0.39, 0.29) is 0 Å². The molecule has 1 rings (SSSR count). The molecule has 1 aromatic carbocycles. The fourth-order valence-electron chi connectivity index (χ4n) is 1.63. The van der Waals surface area contributed by atoms with Crippen molar-refractivity contribution >= 4 is 5.69 Å². The van der Waals surface area contributed by atoms with Crippen molar-refractivity contribution < 1.29 is 0 Å². The molecular weight excluding hydrogens is 196 g/mol. The summed E-state index contributed by atoms with van der Waals surface area (Å²) in [6.45, 7) is 9.79. The zero-order valence-electron chi connectivity index (χ0n) is 11.0. The first-order valence-corrected chi connectivity index (χ1v) is 6.08. The van der Waals surface area contributed by atoms with Gasteiger partial charge in [0, 0.05) is 25.8 Å². The second kappa shape index (κ2) is 6.54. The van der Waals surface area contributed by atoms with E-state index in [1.54, 1.807) is 0 Å². The van der Waals surface area contributed by atoms with Gasteiger partial charge in [0.05, 0.1) is 0 Å². The third kappa shape index (κ3) is 4.67. The van der Waals surface area contributed by atoms with Crippen LogP contribution in [0.15, 0.2) is 24.3 Å². The number of nitrogens with one attached hydrogen (secondary N) is 1. The monoisotopic (exact) mass is 220 g/mol. The number of hydrogen-bond acceptors (Lipinski definition) is 2. The number of likely N-dealkylation sites (N-methyl/N-ethyl adjacent to an activating group) is 1. The summed E-state index contributed by atoms with van der Waals surface area (Å²) in [5, 5.41) is 3.46.